The third kappa shape index (κ3) is 6.65. The Balaban J connectivity index is 2.31. The lowest BCUT2D eigenvalue weighted by atomic mass is 10.2. The third-order valence-corrected chi connectivity index (χ3v) is 2.91. The predicted octanol–water partition coefficient (Wildman–Crippen LogP) is 1.88. The van der Waals surface area contributed by atoms with Gasteiger partial charge in [-0.25, -0.2) is 4.79 Å². The number of hydrogen-bond acceptors (Lipinski definition) is 3. The van der Waals surface area contributed by atoms with Gasteiger partial charge in [0.1, 0.15) is 11.9 Å². The van der Waals surface area contributed by atoms with Crippen molar-refractivity contribution in [2.75, 3.05) is 20.1 Å². The van der Waals surface area contributed by atoms with Gasteiger partial charge in [-0.2, -0.15) is 0 Å². The van der Waals surface area contributed by atoms with Gasteiger partial charge in [0.25, 0.3) is 0 Å². The highest BCUT2D eigenvalue weighted by molar-refractivity contribution is 5.75. The second-order valence-corrected chi connectivity index (χ2v) is 4.99. The van der Waals surface area contributed by atoms with Crippen molar-refractivity contribution < 1.29 is 19.4 Å². The van der Waals surface area contributed by atoms with Crippen molar-refractivity contribution in [1.82, 2.24) is 10.2 Å². The van der Waals surface area contributed by atoms with Crippen LogP contribution in [0.2, 0.25) is 0 Å². The van der Waals surface area contributed by atoms with Crippen LogP contribution in [0.1, 0.15) is 18.9 Å². The molecule has 0 aliphatic carbocycles. The second kappa shape index (κ2) is 8.14. The maximum atomic E-state index is 11.7. The largest absolute Gasteiger partial charge is 0.489 e. The van der Waals surface area contributed by atoms with Gasteiger partial charge in [-0.15, -0.1) is 0 Å². The lowest BCUT2D eigenvalue weighted by Crippen LogP contribution is -2.42. The first-order valence-electron chi connectivity index (χ1n) is 6.82. The fraction of sp³-hybridized carbons (Fsp3) is 0.467. The summed E-state index contributed by atoms with van der Waals surface area (Å²) < 4.78 is 5.67. The molecule has 0 aliphatic rings. The molecule has 0 heterocycles. The zero-order valence-corrected chi connectivity index (χ0v) is 12.6. The number of carboxylic acids is 1. The van der Waals surface area contributed by atoms with Crippen molar-refractivity contribution in [2.45, 2.75) is 26.4 Å². The van der Waals surface area contributed by atoms with Gasteiger partial charge in [0.05, 0.1) is 13.0 Å². The van der Waals surface area contributed by atoms with Crippen LogP contribution in [-0.2, 0) is 4.79 Å². The van der Waals surface area contributed by atoms with Crippen LogP contribution in [0.4, 0.5) is 4.79 Å². The molecular weight excluding hydrogens is 272 g/mol. The summed E-state index contributed by atoms with van der Waals surface area (Å²) in [6.45, 7) is 4.39. The number of aliphatic carboxylic acids is 1. The minimum atomic E-state index is -0.925. The van der Waals surface area contributed by atoms with Crippen molar-refractivity contribution in [2.24, 2.45) is 0 Å². The van der Waals surface area contributed by atoms with Gasteiger partial charge in [-0.3, -0.25) is 4.79 Å². The summed E-state index contributed by atoms with van der Waals surface area (Å²) in [5, 5.41) is 11.3. The first-order valence-corrected chi connectivity index (χ1v) is 6.82. The standard InChI is InChI=1S/C15H22N2O4/c1-11-4-6-13(7-5-11)21-12(2)10-16-15(20)17(3)9-8-14(18)19/h4-7,12H,8-10H2,1-3H3,(H,16,20)(H,18,19). The zero-order valence-electron chi connectivity index (χ0n) is 12.6. The maximum absolute atomic E-state index is 11.7. The maximum Gasteiger partial charge on any atom is 0.317 e. The number of hydrogen-bond donors (Lipinski definition) is 2. The Kier molecular flexibility index (Phi) is 6.52. The fourth-order valence-corrected chi connectivity index (χ4v) is 1.62. The van der Waals surface area contributed by atoms with E-state index in [4.69, 9.17) is 9.84 Å². The highest BCUT2D eigenvalue weighted by atomic mass is 16.5. The molecule has 1 aromatic rings. The van der Waals surface area contributed by atoms with E-state index in [9.17, 15) is 9.59 Å². The number of nitrogens with zero attached hydrogens (tertiary/aromatic N) is 1. The second-order valence-electron chi connectivity index (χ2n) is 4.99. The Bertz CT molecular complexity index is 473. The SMILES string of the molecule is Cc1ccc(OC(C)CNC(=O)N(C)CCC(=O)O)cc1. The number of carboxylic acid groups (broad SMARTS) is 1. The lowest BCUT2D eigenvalue weighted by Gasteiger charge is -2.20. The third-order valence-electron chi connectivity index (χ3n) is 2.91. The average molecular weight is 294 g/mol. The van der Waals surface area contributed by atoms with Gasteiger partial charge in [0.15, 0.2) is 0 Å². The molecule has 21 heavy (non-hydrogen) atoms. The summed E-state index contributed by atoms with van der Waals surface area (Å²) in [4.78, 5) is 23.5. The van der Waals surface area contributed by atoms with Crippen LogP contribution in [-0.4, -0.2) is 48.2 Å². The molecule has 0 aliphatic heterocycles. The van der Waals surface area contributed by atoms with Crippen molar-refractivity contribution in [3.63, 3.8) is 0 Å². The van der Waals surface area contributed by atoms with E-state index in [0.29, 0.717) is 6.54 Å². The van der Waals surface area contributed by atoms with Crippen molar-refractivity contribution in [3.8, 4) is 5.75 Å². The van der Waals surface area contributed by atoms with Crippen LogP contribution in [0, 0.1) is 6.92 Å². The molecule has 1 aromatic carbocycles. The number of benzene rings is 1. The van der Waals surface area contributed by atoms with Crippen molar-refractivity contribution in [3.05, 3.63) is 29.8 Å². The average Bonchev–Trinajstić information content (AvgIpc) is 2.44. The minimum absolute atomic E-state index is 0.0701. The first-order chi connectivity index (χ1) is 9.88. The van der Waals surface area contributed by atoms with E-state index in [0.717, 1.165) is 11.3 Å². The highest BCUT2D eigenvalue weighted by Gasteiger charge is 2.11. The van der Waals surface area contributed by atoms with Crippen LogP contribution in [0.25, 0.3) is 0 Å². The van der Waals surface area contributed by atoms with Crippen molar-refractivity contribution in [1.29, 1.82) is 0 Å². The number of rotatable bonds is 7. The molecule has 0 saturated heterocycles. The molecule has 0 aromatic heterocycles. The molecule has 1 atom stereocenters. The lowest BCUT2D eigenvalue weighted by molar-refractivity contribution is -0.137. The number of amides is 2. The molecule has 1 rings (SSSR count). The Hall–Kier alpha value is -2.24. The summed E-state index contributed by atoms with van der Waals surface area (Å²) >= 11 is 0. The topological polar surface area (TPSA) is 78.9 Å². The van der Waals surface area contributed by atoms with Gasteiger partial charge in [-0.1, -0.05) is 17.7 Å². The Morgan fingerprint density at radius 2 is 1.95 bits per heavy atom. The fourth-order valence-electron chi connectivity index (χ4n) is 1.62. The smallest absolute Gasteiger partial charge is 0.317 e. The number of urea groups is 1. The highest BCUT2D eigenvalue weighted by Crippen LogP contribution is 2.12. The zero-order chi connectivity index (χ0) is 15.8. The minimum Gasteiger partial charge on any atom is -0.489 e. The molecule has 0 bridgehead atoms. The normalized spacial score (nSPS) is 11.6. The molecule has 2 N–H and O–H groups in total. The van der Waals surface area contributed by atoms with E-state index < -0.39 is 5.97 Å². The Labute approximate surface area is 124 Å². The quantitative estimate of drug-likeness (QED) is 0.804. The van der Waals surface area contributed by atoms with Gasteiger partial charge < -0.3 is 20.1 Å². The van der Waals surface area contributed by atoms with Gasteiger partial charge in [0.2, 0.25) is 0 Å². The number of ether oxygens (including phenoxy) is 1. The van der Waals surface area contributed by atoms with Gasteiger partial charge in [-0.05, 0) is 26.0 Å². The van der Waals surface area contributed by atoms with E-state index >= 15 is 0 Å². The van der Waals surface area contributed by atoms with E-state index in [1.165, 1.54) is 4.90 Å². The molecule has 0 spiro atoms. The molecule has 0 fully saturated rings. The number of nitrogens with one attached hydrogen (secondary N) is 1. The van der Waals surface area contributed by atoms with Gasteiger partial charge in [0, 0.05) is 13.6 Å². The van der Waals surface area contributed by atoms with E-state index in [1.807, 2.05) is 38.1 Å². The Morgan fingerprint density at radius 1 is 1.33 bits per heavy atom. The van der Waals surface area contributed by atoms with Crippen molar-refractivity contribution >= 4 is 12.0 Å². The first kappa shape index (κ1) is 16.8. The molecule has 0 saturated carbocycles. The summed E-state index contributed by atoms with van der Waals surface area (Å²) in [7, 11) is 1.56. The number of carbonyl (C=O) groups excluding carboxylic acids is 1. The van der Waals surface area contributed by atoms with Crippen LogP contribution in [0.5, 0.6) is 5.75 Å². The van der Waals surface area contributed by atoms with E-state index in [1.54, 1.807) is 7.05 Å². The molecule has 6 heteroatoms. The van der Waals surface area contributed by atoms with Gasteiger partial charge >= 0.3 is 12.0 Å². The van der Waals surface area contributed by atoms with E-state index in [2.05, 4.69) is 5.32 Å². The number of carbonyl (C=O) groups is 2. The van der Waals surface area contributed by atoms with Crippen LogP contribution in [0.3, 0.4) is 0 Å². The van der Waals surface area contributed by atoms with E-state index in [-0.39, 0.29) is 25.1 Å². The summed E-state index contributed by atoms with van der Waals surface area (Å²) in [5.74, 6) is -0.174. The molecule has 0 radical (unpaired) electrons. The van der Waals surface area contributed by atoms with Crippen LogP contribution < -0.4 is 10.1 Å². The molecule has 1 unspecified atom stereocenters. The Morgan fingerprint density at radius 3 is 2.52 bits per heavy atom. The van der Waals surface area contributed by atoms with Crippen LogP contribution >= 0.6 is 0 Å². The summed E-state index contributed by atoms with van der Waals surface area (Å²) in [6, 6.07) is 7.37. The molecular formula is C15H22N2O4. The molecule has 6 nitrogen and oxygen atoms in total. The summed E-state index contributed by atoms with van der Waals surface area (Å²) in [5.41, 5.74) is 1.16. The van der Waals surface area contributed by atoms with Crippen LogP contribution in [0.15, 0.2) is 24.3 Å². The summed E-state index contributed by atoms with van der Waals surface area (Å²) in [6.07, 6.45) is -0.246. The number of aryl methyl sites for hydroxylation is 1. The predicted molar refractivity (Wildman–Crippen MR) is 79.6 cm³/mol. The molecule has 116 valence electrons. The monoisotopic (exact) mass is 294 g/mol. The molecule has 2 amide bonds.